The lowest BCUT2D eigenvalue weighted by atomic mass is 9.94. The van der Waals surface area contributed by atoms with E-state index in [4.69, 9.17) is 0 Å². The number of Topliss-reactive ketones (excluding diaryl/α,β-unsaturated/α-hetero) is 1. The Labute approximate surface area is 78.5 Å². The molecule has 0 amide bonds. The van der Waals surface area contributed by atoms with E-state index in [1.165, 1.54) is 0 Å². The van der Waals surface area contributed by atoms with Crippen molar-refractivity contribution in [3.63, 3.8) is 0 Å². The number of ketones is 1. The third-order valence-electron chi connectivity index (χ3n) is 2.11. The molecule has 2 unspecified atom stereocenters. The molecule has 0 fully saturated rings. The zero-order valence-corrected chi connectivity index (χ0v) is 8.05. The summed E-state index contributed by atoms with van der Waals surface area (Å²) in [7, 11) is 2.38. The van der Waals surface area contributed by atoms with Gasteiger partial charge in [-0.2, -0.15) is 0 Å². The first-order valence-corrected chi connectivity index (χ1v) is 4.56. The third-order valence-corrected chi connectivity index (χ3v) is 2.59. The molecule has 0 radical (unpaired) electrons. The molecular formula is C10H9O2P. The molecule has 0 heterocycles. The molecule has 1 aromatic rings. The number of carbonyl (C=O) groups is 1. The van der Waals surface area contributed by atoms with E-state index in [2.05, 4.69) is 9.24 Å². The number of rotatable bonds is 0. The molecule has 2 nitrogen and oxygen atoms in total. The van der Waals surface area contributed by atoms with Crippen LogP contribution in [0.4, 0.5) is 0 Å². The number of hydrogen-bond acceptors (Lipinski definition) is 2. The van der Waals surface area contributed by atoms with E-state index in [0.29, 0.717) is 10.9 Å². The summed E-state index contributed by atoms with van der Waals surface area (Å²) in [5.41, 5.74) is 1.48. The van der Waals surface area contributed by atoms with Crippen LogP contribution in [-0.4, -0.2) is 17.0 Å². The number of carbonyl (C=O) groups excluding carboxylic acids is 1. The van der Waals surface area contributed by atoms with Gasteiger partial charge in [0.2, 0.25) is 0 Å². The van der Waals surface area contributed by atoms with Crippen LogP contribution in [0.3, 0.4) is 0 Å². The summed E-state index contributed by atoms with van der Waals surface area (Å²) in [5, 5.41) is 10.1. The average molecular weight is 192 g/mol. The maximum absolute atomic E-state index is 11.5. The van der Waals surface area contributed by atoms with Crippen LogP contribution in [0.15, 0.2) is 29.6 Å². The molecule has 0 bridgehead atoms. The second-order valence-electron chi connectivity index (χ2n) is 3.00. The number of hydrogen-bond donors (Lipinski definition) is 1. The van der Waals surface area contributed by atoms with Crippen molar-refractivity contribution in [1.82, 2.24) is 0 Å². The topological polar surface area (TPSA) is 37.3 Å². The van der Waals surface area contributed by atoms with Crippen molar-refractivity contribution >= 4 is 21.1 Å². The zero-order chi connectivity index (χ0) is 9.42. The smallest absolute Gasteiger partial charge is 0.196 e. The number of aliphatic hydroxyl groups is 1. The van der Waals surface area contributed by atoms with E-state index < -0.39 is 6.10 Å². The minimum absolute atomic E-state index is 0.219. The lowest BCUT2D eigenvalue weighted by molar-refractivity contribution is 0.0813. The summed E-state index contributed by atoms with van der Waals surface area (Å²) in [6.45, 7) is 0. The van der Waals surface area contributed by atoms with E-state index >= 15 is 0 Å². The van der Waals surface area contributed by atoms with Crippen molar-refractivity contribution in [1.29, 1.82) is 0 Å². The number of aliphatic hydroxyl groups excluding tert-OH is 1. The van der Waals surface area contributed by atoms with Crippen LogP contribution in [0.25, 0.3) is 6.08 Å². The number of fused-ring (bicyclic) bond motifs is 1. The molecule has 1 aliphatic rings. The Morgan fingerprint density at radius 3 is 2.77 bits per heavy atom. The Morgan fingerprint density at radius 2 is 2.00 bits per heavy atom. The Kier molecular flexibility index (Phi) is 2.03. The van der Waals surface area contributed by atoms with Crippen molar-refractivity contribution < 1.29 is 9.90 Å². The predicted octanol–water partition coefficient (Wildman–Crippen LogP) is 1.46. The minimum atomic E-state index is -0.986. The van der Waals surface area contributed by atoms with Gasteiger partial charge in [-0.1, -0.05) is 24.3 Å². The fourth-order valence-corrected chi connectivity index (χ4v) is 1.74. The van der Waals surface area contributed by atoms with E-state index in [9.17, 15) is 9.90 Å². The van der Waals surface area contributed by atoms with Gasteiger partial charge in [-0.25, -0.2) is 0 Å². The highest BCUT2D eigenvalue weighted by Crippen LogP contribution is 2.27. The lowest BCUT2D eigenvalue weighted by Crippen LogP contribution is -2.24. The number of benzene rings is 1. The van der Waals surface area contributed by atoms with Gasteiger partial charge in [0.05, 0.1) is 0 Å². The van der Waals surface area contributed by atoms with Gasteiger partial charge in [-0.05, 0) is 17.0 Å². The van der Waals surface area contributed by atoms with Crippen molar-refractivity contribution in [2.24, 2.45) is 0 Å². The molecule has 0 saturated heterocycles. The summed E-state index contributed by atoms with van der Waals surface area (Å²) in [5.74, 6) is -0.219. The Bertz CT molecular complexity index is 396. The van der Waals surface area contributed by atoms with Gasteiger partial charge in [-0.15, -0.1) is 9.24 Å². The van der Waals surface area contributed by atoms with Crippen LogP contribution in [0.2, 0.25) is 0 Å². The highest BCUT2D eigenvalue weighted by atomic mass is 31.0. The van der Waals surface area contributed by atoms with Gasteiger partial charge in [0.25, 0.3) is 0 Å². The molecule has 1 aromatic carbocycles. The van der Waals surface area contributed by atoms with Crippen molar-refractivity contribution in [2.75, 3.05) is 0 Å². The molecule has 0 saturated carbocycles. The molecular weight excluding hydrogens is 183 g/mol. The maximum atomic E-state index is 11.5. The highest BCUT2D eigenvalue weighted by Gasteiger charge is 2.24. The molecule has 66 valence electrons. The third kappa shape index (κ3) is 1.32. The molecule has 1 N–H and O–H groups in total. The largest absolute Gasteiger partial charge is 0.380 e. The molecule has 2 rings (SSSR count). The minimum Gasteiger partial charge on any atom is -0.380 e. The van der Waals surface area contributed by atoms with E-state index in [1.54, 1.807) is 12.1 Å². The lowest BCUT2D eigenvalue weighted by Gasteiger charge is -2.17. The fourth-order valence-electron chi connectivity index (χ4n) is 1.40. The van der Waals surface area contributed by atoms with E-state index in [1.807, 2.05) is 18.2 Å². The van der Waals surface area contributed by atoms with Crippen LogP contribution < -0.4 is 0 Å². The normalized spacial score (nSPS) is 20.9. The monoisotopic (exact) mass is 192 g/mol. The van der Waals surface area contributed by atoms with Gasteiger partial charge >= 0.3 is 0 Å². The van der Waals surface area contributed by atoms with Gasteiger partial charge in [0, 0.05) is 5.56 Å². The molecule has 1 aliphatic carbocycles. The van der Waals surface area contributed by atoms with Crippen molar-refractivity contribution in [2.45, 2.75) is 6.10 Å². The molecule has 0 aromatic heterocycles. The molecule has 0 spiro atoms. The first-order valence-electron chi connectivity index (χ1n) is 3.98. The van der Waals surface area contributed by atoms with E-state index in [0.717, 1.165) is 5.56 Å². The fraction of sp³-hybridized carbons (Fsp3) is 0.100. The Hall–Kier alpha value is -0.980. The molecule has 13 heavy (non-hydrogen) atoms. The van der Waals surface area contributed by atoms with Crippen LogP contribution in [0.1, 0.15) is 15.9 Å². The quantitative estimate of drug-likeness (QED) is 0.632. The highest BCUT2D eigenvalue weighted by molar-refractivity contribution is 7.23. The summed E-state index contributed by atoms with van der Waals surface area (Å²) < 4.78 is 0. The standard InChI is InChI=1S/C10H9O2P/c11-9-7-4-2-1-3-6(7)5-8(13)10(9)12/h1-5,10,12H,13H2. The van der Waals surface area contributed by atoms with Gasteiger partial charge in [-0.3, -0.25) is 4.79 Å². The summed E-state index contributed by atoms with van der Waals surface area (Å²) in [4.78, 5) is 11.5. The molecule has 0 aliphatic heterocycles. The van der Waals surface area contributed by atoms with Crippen molar-refractivity contribution in [3.05, 3.63) is 40.7 Å². The predicted molar refractivity (Wildman–Crippen MR) is 54.5 cm³/mol. The van der Waals surface area contributed by atoms with Crippen LogP contribution in [0.5, 0.6) is 0 Å². The molecule has 3 heteroatoms. The van der Waals surface area contributed by atoms with Gasteiger partial charge < -0.3 is 5.11 Å². The molecule has 2 atom stereocenters. The second-order valence-corrected chi connectivity index (χ2v) is 3.67. The summed E-state index contributed by atoms with van der Waals surface area (Å²) >= 11 is 0. The van der Waals surface area contributed by atoms with Gasteiger partial charge in [0.15, 0.2) is 5.78 Å². The Morgan fingerprint density at radius 1 is 1.31 bits per heavy atom. The van der Waals surface area contributed by atoms with Crippen LogP contribution in [-0.2, 0) is 0 Å². The first kappa shape index (κ1) is 8.61. The first-order chi connectivity index (χ1) is 6.20. The summed E-state index contributed by atoms with van der Waals surface area (Å²) in [6.07, 6.45) is 0.825. The zero-order valence-electron chi connectivity index (χ0n) is 6.90. The van der Waals surface area contributed by atoms with Gasteiger partial charge in [0.1, 0.15) is 6.10 Å². The van der Waals surface area contributed by atoms with Crippen LogP contribution in [0, 0.1) is 0 Å². The summed E-state index contributed by atoms with van der Waals surface area (Å²) in [6, 6.07) is 7.26. The SMILES string of the molecule is O=C1c2ccccc2C=C(P)C1O. The van der Waals surface area contributed by atoms with Crippen LogP contribution >= 0.6 is 9.24 Å². The Balaban J connectivity index is 2.63. The van der Waals surface area contributed by atoms with Crippen molar-refractivity contribution in [3.8, 4) is 0 Å². The van der Waals surface area contributed by atoms with E-state index in [-0.39, 0.29) is 5.78 Å². The second kappa shape index (κ2) is 3.06. The maximum Gasteiger partial charge on any atom is 0.196 e. The average Bonchev–Trinajstić information content (AvgIpc) is 2.15.